The lowest BCUT2D eigenvalue weighted by molar-refractivity contribution is -0.127. The van der Waals surface area contributed by atoms with Gasteiger partial charge in [0.1, 0.15) is 17.6 Å². The maximum Gasteiger partial charge on any atom is 0.274 e. The van der Waals surface area contributed by atoms with Crippen LogP contribution in [0.3, 0.4) is 0 Å². The Morgan fingerprint density at radius 3 is 2.94 bits per heavy atom. The van der Waals surface area contributed by atoms with E-state index in [4.69, 9.17) is 5.73 Å². The van der Waals surface area contributed by atoms with Crippen LogP contribution in [0.4, 0.5) is 5.82 Å². The van der Waals surface area contributed by atoms with Crippen LogP contribution in [0, 0.1) is 0 Å². The van der Waals surface area contributed by atoms with Gasteiger partial charge in [-0.25, -0.2) is 9.97 Å². The van der Waals surface area contributed by atoms with Crippen molar-refractivity contribution in [2.75, 3.05) is 18.8 Å². The van der Waals surface area contributed by atoms with Crippen LogP contribution < -0.4 is 11.1 Å². The van der Waals surface area contributed by atoms with Crippen LogP contribution in [0.2, 0.25) is 0 Å². The molecule has 1 aromatic rings. The van der Waals surface area contributed by atoms with Crippen LogP contribution in [-0.2, 0) is 4.79 Å². The van der Waals surface area contributed by atoms with E-state index in [0.717, 1.165) is 0 Å². The molecular formula is C10H13N5O2. The predicted octanol–water partition coefficient (Wildman–Crippen LogP) is -0.981. The monoisotopic (exact) mass is 235 g/mol. The van der Waals surface area contributed by atoms with E-state index >= 15 is 0 Å². The lowest BCUT2D eigenvalue weighted by Crippen LogP contribution is -2.55. The maximum absolute atomic E-state index is 12.1. The van der Waals surface area contributed by atoms with Crippen molar-refractivity contribution in [3.05, 3.63) is 18.1 Å². The van der Waals surface area contributed by atoms with Crippen molar-refractivity contribution in [3.63, 3.8) is 0 Å². The zero-order valence-electron chi connectivity index (χ0n) is 9.38. The molecule has 0 aliphatic carbocycles. The lowest BCUT2D eigenvalue weighted by atomic mass is 10.2. The molecular weight excluding hydrogens is 222 g/mol. The number of nitrogen functional groups attached to an aromatic ring is 1. The van der Waals surface area contributed by atoms with E-state index in [1.54, 1.807) is 6.92 Å². The number of anilines is 1. The molecule has 0 saturated carbocycles. The highest BCUT2D eigenvalue weighted by Gasteiger charge is 2.30. The van der Waals surface area contributed by atoms with Crippen LogP contribution in [0.15, 0.2) is 12.4 Å². The number of carbonyl (C=O) groups excluding carboxylic acids is 2. The standard InChI is InChI=1S/C10H13N5O2/c1-6-9(16)12-2-3-15(6)10(17)7-4-14-8(11)5-13-7/h4-6H,2-3H2,1H3,(H2,11,14)(H,12,16). The highest BCUT2D eigenvalue weighted by Crippen LogP contribution is 2.09. The van der Waals surface area contributed by atoms with Crippen molar-refractivity contribution in [3.8, 4) is 0 Å². The quantitative estimate of drug-likeness (QED) is 0.651. The van der Waals surface area contributed by atoms with E-state index in [1.807, 2.05) is 0 Å². The van der Waals surface area contributed by atoms with Gasteiger partial charge in [0.25, 0.3) is 5.91 Å². The summed E-state index contributed by atoms with van der Waals surface area (Å²) in [5, 5.41) is 2.69. The van der Waals surface area contributed by atoms with E-state index in [0.29, 0.717) is 13.1 Å². The fourth-order valence-corrected chi connectivity index (χ4v) is 1.66. The highest BCUT2D eigenvalue weighted by molar-refractivity contribution is 5.96. The van der Waals surface area contributed by atoms with Gasteiger partial charge in [0.2, 0.25) is 5.91 Å². The van der Waals surface area contributed by atoms with Crippen LogP contribution in [0.25, 0.3) is 0 Å². The summed E-state index contributed by atoms with van der Waals surface area (Å²) in [7, 11) is 0. The lowest BCUT2D eigenvalue weighted by Gasteiger charge is -2.32. The molecule has 7 nitrogen and oxygen atoms in total. The molecule has 7 heteroatoms. The Morgan fingerprint density at radius 2 is 2.29 bits per heavy atom. The summed E-state index contributed by atoms with van der Waals surface area (Å²) in [6.45, 7) is 2.60. The van der Waals surface area contributed by atoms with Gasteiger partial charge in [-0.1, -0.05) is 0 Å². The first kappa shape index (κ1) is 11.3. The SMILES string of the molecule is CC1C(=O)NCCN1C(=O)c1cnc(N)cn1. The predicted molar refractivity (Wildman–Crippen MR) is 60.0 cm³/mol. The van der Waals surface area contributed by atoms with E-state index in [1.165, 1.54) is 17.3 Å². The molecule has 1 fully saturated rings. The number of nitrogens with one attached hydrogen (secondary N) is 1. The number of piperazine rings is 1. The van der Waals surface area contributed by atoms with E-state index < -0.39 is 6.04 Å². The maximum atomic E-state index is 12.1. The number of amides is 2. The Labute approximate surface area is 98.0 Å². The Kier molecular flexibility index (Phi) is 2.90. The molecule has 1 aliphatic heterocycles. The zero-order chi connectivity index (χ0) is 12.4. The summed E-state index contributed by atoms with van der Waals surface area (Å²) in [5.41, 5.74) is 5.59. The van der Waals surface area contributed by atoms with Gasteiger partial charge in [-0.05, 0) is 6.92 Å². The molecule has 0 radical (unpaired) electrons. The Bertz CT molecular complexity index is 445. The first-order valence-electron chi connectivity index (χ1n) is 5.26. The first-order chi connectivity index (χ1) is 8.09. The number of rotatable bonds is 1. The van der Waals surface area contributed by atoms with Gasteiger partial charge in [-0.3, -0.25) is 9.59 Å². The minimum atomic E-state index is -0.490. The van der Waals surface area contributed by atoms with Crippen molar-refractivity contribution in [1.82, 2.24) is 20.2 Å². The second kappa shape index (κ2) is 4.36. The summed E-state index contributed by atoms with van der Waals surface area (Å²) < 4.78 is 0. The fourth-order valence-electron chi connectivity index (χ4n) is 1.66. The van der Waals surface area contributed by atoms with Gasteiger partial charge in [0.05, 0.1) is 12.4 Å². The van der Waals surface area contributed by atoms with Crippen LogP contribution >= 0.6 is 0 Å². The summed E-state index contributed by atoms with van der Waals surface area (Å²) in [5.74, 6) is -0.209. The highest BCUT2D eigenvalue weighted by atomic mass is 16.2. The van der Waals surface area contributed by atoms with E-state index in [2.05, 4.69) is 15.3 Å². The molecule has 17 heavy (non-hydrogen) atoms. The summed E-state index contributed by atoms with van der Waals surface area (Å²) in [6.07, 6.45) is 2.64. The number of aromatic nitrogens is 2. The van der Waals surface area contributed by atoms with E-state index in [-0.39, 0.29) is 23.3 Å². The third-order valence-electron chi connectivity index (χ3n) is 2.65. The van der Waals surface area contributed by atoms with Gasteiger partial charge < -0.3 is 16.0 Å². The van der Waals surface area contributed by atoms with Gasteiger partial charge in [0.15, 0.2) is 0 Å². The third-order valence-corrected chi connectivity index (χ3v) is 2.65. The third kappa shape index (κ3) is 2.17. The number of nitrogens with zero attached hydrogens (tertiary/aromatic N) is 3. The van der Waals surface area contributed by atoms with Crippen molar-refractivity contribution in [1.29, 1.82) is 0 Å². The van der Waals surface area contributed by atoms with Crippen LogP contribution in [0.5, 0.6) is 0 Å². The topological polar surface area (TPSA) is 101 Å². The van der Waals surface area contributed by atoms with Crippen molar-refractivity contribution < 1.29 is 9.59 Å². The Morgan fingerprint density at radius 1 is 1.53 bits per heavy atom. The van der Waals surface area contributed by atoms with Crippen molar-refractivity contribution in [2.24, 2.45) is 0 Å². The summed E-state index contributed by atoms with van der Waals surface area (Å²) in [6, 6.07) is -0.490. The molecule has 0 spiro atoms. The number of carbonyl (C=O) groups is 2. The number of hydrogen-bond donors (Lipinski definition) is 2. The van der Waals surface area contributed by atoms with Gasteiger partial charge in [-0.15, -0.1) is 0 Å². The molecule has 2 amide bonds. The Hall–Kier alpha value is -2.18. The van der Waals surface area contributed by atoms with Gasteiger partial charge in [0, 0.05) is 13.1 Å². The second-order valence-corrected chi connectivity index (χ2v) is 3.79. The summed E-state index contributed by atoms with van der Waals surface area (Å²) in [4.78, 5) is 32.7. The molecule has 0 bridgehead atoms. The first-order valence-corrected chi connectivity index (χ1v) is 5.26. The number of hydrogen-bond acceptors (Lipinski definition) is 5. The minimum Gasteiger partial charge on any atom is -0.382 e. The minimum absolute atomic E-state index is 0.159. The van der Waals surface area contributed by atoms with Gasteiger partial charge in [-0.2, -0.15) is 0 Å². The molecule has 1 saturated heterocycles. The smallest absolute Gasteiger partial charge is 0.274 e. The molecule has 0 aromatic carbocycles. The normalized spacial score (nSPS) is 19.9. The molecule has 2 rings (SSSR count). The number of nitrogens with two attached hydrogens (primary N) is 1. The molecule has 1 atom stereocenters. The molecule has 2 heterocycles. The molecule has 3 N–H and O–H groups in total. The average molecular weight is 235 g/mol. The molecule has 1 aromatic heterocycles. The largest absolute Gasteiger partial charge is 0.382 e. The van der Waals surface area contributed by atoms with E-state index in [9.17, 15) is 9.59 Å². The van der Waals surface area contributed by atoms with Crippen LogP contribution in [-0.4, -0.2) is 45.8 Å². The molecule has 1 unspecified atom stereocenters. The Balaban J connectivity index is 2.19. The van der Waals surface area contributed by atoms with Crippen molar-refractivity contribution >= 4 is 17.6 Å². The summed E-state index contributed by atoms with van der Waals surface area (Å²) >= 11 is 0. The van der Waals surface area contributed by atoms with Crippen LogP contribution in [0.1, 0.15) is 17.4 Å². The second-order valence-electron chi connectivity index (χ2n) is 3.79. The fraction of sp³-hybridized carbons (Fsp3) is 0.400. The van der Waals surface area contributed by atoms with Gasteiger partial charge >= 0.3 is 0 Å². The molecule has 1 aliphatic rings. The van der Waals surface area contributed by atoms with Crippen molar-refractivity contribution in [2.45, 2.75) is 13.0 Å². The zero-order valence-corrected chi connectivity index (χ0v) is 9.38. The average Bonchev–Trinajstić information content (AvgIpc) is 2.33. The molecule has 90 valence electrons.